The van der Waals surface area contributed by atoms with Gasteiger partial charge in [0.25, 0.3) is 0 Å². The van der Waals surface area contributed by atoms with E-state index in [0.717, 1.165) is 18.4 Å². The Kier molecular flexibility index (Phi) is 4.86. The minimum atomic E-state index is 0.206. The van der Waals surface area contributed by atoms with Crippen molar-refractivity contribution >= 4 is 5.91 Å². The van der Waals surface area contributed by atoms with E-state index in [1.165, 1.54) is 25.7 Å². The third-order valence-corrected chi connectivity index (χ3v) is 2.79. The minimum Gasteiger partial charge on any atom is -0.345 e. The highest BCUT2D eigenvalue weighted by molar-refractivity contribution is 5.93. The largest absolute Gasteiger partial charge is 0.345 e. The Balaban J connectivity index is 2.48. The van der Waals surface area contributed by atoms with Crippen LogP contribution in [0.2, 0.25) is 0 Å². The van der Waals surface area contributed by atoms with E-state index in [1.807, 2.05) is 14.1 Å². The SMILES string of the molecule is CCCCC/C(=C\C1CC1)C(=O)N(C)C. The third kappa shape index (κ3) is 4.50. The Bertz CT molecular complexity index is 239. The lowest BCUT2D eigenvalue weighted by molar-refractivity contribution is -0.124. The first-order chi connectivity index (χ1) is 7.15. The van der Waals surface area contributed by atoms with Crippen LogP contribution in [0.5, 0.6) is 0 Å². The van der Waals surface area contributed by atoms with E-state index in [1.54, 1.807) is 4.90 Å². The summed E-state index contributed by atoms with van der Waals surface area (Å²) >= 11 is 0. The van der Waals surface area contributed by atoms with Crippen molar-refractivity contribution in [2.75, 3.05) is 14.1 Å². The summed E-state index contributed by atoms with van der Waals surface area (Å²) in [6.07, 6.45) is 9.31. The molecule has 0 heterocycles. The van der Waals surface area contributed by atoms with Crippen molar-refractivity contribution in [1.82, 2.24) is 4.90 Å². The Morgan fingerprint density at radius 2 is 2.00 bits per heavy atom. The molecule has 1 amide bonds. The Labute approximate surface area is 93.3 Å². The van der Waals surface area contributed by atoms with Crippen LogP contribution in [0.25, 0.3) is 0 Å². The molecule has 1 aliphatic carbocycles. The second kappa shape index (κ2) is 5.94. The van der Waals surface area contributed by atoms with Crippen LogP contribution >= 0.6 is 0 Å². The summed E-state index contributed by atoms with van der Waals surface area (Å²) in [6.45, 7) is 2.19. The van der Waals surface area contributed by atoms with Gasteiger partial charge in [-0.2, -0.15) is 0 Å². The number of nitrogens with zero attached hydrogens (tertiary/aromatic N) is 1. The van der Waals surface area contributed by atoms with Crippen LogP contribution in [-0.4, -0.2) is 24.9 Å². The van der Waals surface area contributed by atoms with Crippen molar-refractivity contribution < 1.29 is 4.79 Å². The number of carbonyl (C=O) groups is 1. The van der Waals surface area contributed by atoms with Crippen LogP contribution in [0.4, 0.5) is 0 Å². The van der Waals surface area contributed by atoms with E-state index in [0.29, 0.717) is 5.92 Å². The van der Waals surface area contributed by atoms with Gasteiger partial charge in [-0.3, -0.25) is 4.79 Å². The molecule has 86 valence electrons. The van der Waals surface area contributed by atoms with Crippen LogP contribution in [0.1, 0.15) is 45.4 Å². The molecule has 2 nitrogen and oxygen atoms in total. The second-order valence-corrected chi connectivity index (χ2v) is 4.69. The summed E-state index contributed by atoms with van der Waals surface area (Å²) in [5, 5.41) is 0. The molecule has 0 N–H and O–H groups in total. The molecule has 0 atom stereocenters. The number of carbonyl (C=O) groups excluding carboxylic acids is 1. The van der Waals surface area contributed by atoms with Gasteiger partial charge in [-0.25, -0.2) is 0 Å². The highest BCUT2D eigenvalue weighted by atomic mass is 16.2. The lowest BCUT2D eigenvalue weighted by Gasteiger charge is -2.13. The summed E-state index contributed by atoms with van der Waals surface area (Å²) in [5.41, 5.74) is 1.04. The minimum absolute atomic E-state index is 0.206. The van der Waals surface area contributed by atoms with Gasteiger partial charge in [0, 0.05) is 19.7 Å². The van der Waals surface area contributed by atoms with Gasteiger partial charge in [-0.15, -0.1) is 0 Å². The second-order valence-electron chi connectivity index (χ2n) is 4.69. The fourth-order valence-electron chi connectivity index (χ4n) is 1.66. The monoisotopic (exact) mass is 209 g/mol. The molecule has 1 saturated carbocycles. The van der Waals surface area contributed by atoms with Gasteiger partial charge < -0.3 is 4.90 Å². The maximum absolute atomic E-state index is 11.9. The molecule has 0 unspecified atom stereocenters. The fourth-order valence-corrected chi connectivity index (χ4v) is 1.66. The molecule has 1 rings (SSSR count). The van der Waals surface area contributed by atoms with E-state index < -0.39 is 0 Å². The topological polar surface area (TPSA) is 20.3 Å². The Morgan fingerprint density at radius 1 is 1.33 bits per heavy atom. The predicted octanol–water partition coefficient (Wildman–Crippen LogP) is 2.99. The number of amides is 1. The maximum atomic E-state index is 11.9. The summed E-state index contributed by atoms with van der Waals surface area (Å²) < 4.78 is 0. The number of hydrogen-bond donors (Lipinski definition) is 0. The summed E-state index contributed by atoms with van der Waals surface area (Å²) in [5.74, 6) is 0.906. The zero-order chi connectivity index (χ0) is 11.3. The lowest BCUT2D eigenvalue weighted by atomic mass is 10.0. The van der Waals surface area contributed by atoms with Crippen molar-refractivity contribution in [2.45, 2.75) is 45.4 Å². The molecule has 0 saturated heterocycles. The van der Waals surface area contributed by atoms with E-state index in [4.69, 9.17) is 0 Å². The first kappa shape index (κ1) is 12.3. The van der Waals surface area contributed by atoms with Crippen molar-refractivity contribution in [2.24, 2.45) is 5.92 Å². The quantitative estimate of drug-likeness (QED) is 0.486. The van der Waals surface area contributed by atoms with E-state index in [2.05, 4.69) is 13.0 Å². The van der Waals surface area contributed by atoms with Gasteiger partial charge in [-0.1, -0.05) is 25.8 Å². The van der Waals surface area contributed by atoms with Gasteiger partial charge >= 0.3 is 0 Å². The molecule has 15 heavy (non-hydrogen) atoms. The summed E-state index contributed by atoms with van der Waals surface area (Å²) in [4.78, 5) is 13.6. The number of allylic oxidation sites excluding steroid dienone is 1. The predicted molar refractivity (Wildman–Crippen MR) is 63.6 cm³/mol. The third-order valence-electron chi connectivity index (χ3n) is 2.79. The van der Waals surface area contributed by atoms with Gasteiger partial charge in [0.05, 0.1) is 0 Å². The molecule has 0 aromatic carbocycles. The molecule has 0 radical (unpaired) electrons. The zero-order valence-corrected chi connectivity index (χ0v) is 10.3. The van der Waals surface area contributed by atoms with E-state index >= 15 is 0 Å². The van der Waals surface area contributed by atoms with Crippen LogP contribution in [0.15, 0.2) is 11.6 Å². The number of likely N-dealkylation sites (N-methyl/N-ethyl adjacent to an activating group) is 1. The van der Waals surface area contributed by atoms with Crippen LogP contribution in [0.3, 0.4) is 0 Å². The Hall–Kier alpha value is -0.790. The molecule has 1 aliphatic rings. The molecular weight excluding hydrogens is 186 g/mol. The average Bonchev–Trinajstić information content (AvgIpc) is 2.99. The van der Waals surface area contributed by atoms with Crippen molar-refractivity contribution in [3.8, 4) is 0 Å². The highest BCUT2D eigenvalue weighted by Gasteiger charge is 2.21. The van der Waals surface area contributed by atoms with Gasteiger partial charge in [-0.05, 0) is 31.6 Å². The number of unbranched alkanes of at least 4 members (excludes halogenated alkanes) is 2. The van der Waals surface area contributed by atoms with E-state index in [-0.39, 0.29) is 5.91 Å². The molecular formula is C13H23NO. The number of hydrogen-bond acceptors (Lipinski definition) is 1. The zero-order valence-electron chi connectivity index (χ0n) is 10.3. The van der Waals surface area contributed by atoms with Crippen LogP contribution in [0, 0.1) is 5.92 Å². The normalized spacial score (nSPS) is 16.6. The highest BCUT2D eigenvalue weighted by Crippen LogP contribution is 2.32. The van der Waals surface area contributed by atoms with Crippen LogP contribution in [-0.2, 0) is 4.79 Å². The van der Waals surface area contributed by atoms with Gasteiger partial charge in [0.1, 0.15) is 0 Å². The Morgan fingerprint density at radius 3 is 2.47 bits per heavy atom. The average molecular weight is 209 g/mol. The standard InChI is InChI=1S/C13H23NO/c1-4-5-6-7-12(10-11-8-9-11)13(15)14(2)3/h10-11H,4-9H2,1-3H3/b12-10+. The molecule has 0 aromatic rings. The molecule has 0 aromatic heterocycles. The van der Waals surface area contributed by atoms with Crippen molar-refractivity contribution in [1.29, 1.82) is 0 Å². The first-order valence-electron chi connectivity index (χ1n) is 6.07. The first-order valence-corrected chi connectivity index (χ1v) is 6.07. The molecule has 2 heteroatoms. The molecule has 0 spiro atoms. The molecule has 0 bridgehead atoms. The van der Waals surface area contributed by atoms with Gasteiger partial charge in [0.15, 0.2) is 0 Å². The van der Waals surface area contributed by atoms with E-state index in [9.17, 15) is 4.79 Å². The van der Waals surface area contributed by atoms with Crippen LogP contribution < -0.4 is 0 Å². The smallest absolute Gasteiger partial charge is 0.248 e. The summed E-state index contributed by atoms with van der Waals surface area (Å²) in [7, 11) is 3.67. The van der Waals surface area contributed by atoms with Crippen molar-refractivity contribution in [3.63, 3.8) is 0 Å². The van der Waals surface area contributed by atoms with Crippen molar-refractivity contribution in [3.05, 3.63) is 11.6 Å². The lowest BCUT2D eigenvalue weighted by Crippen LogP contribution is -2.23. The van der Waals surface area contributed by atoms with Gasteiger partial charge in [0.2, 0.25) is 5.91 Å². The maximum Gasteiger partial charge on any atom is 0.248 e. The number of rotatable bonds is 6. The fraction of sp³-hybridized carbons (Fsp3) is 0.769. The molecule has 1 fully saturated rings. The summed E-state index contributed by atoms with van der Waals surface area (Å²) in [6, 6.07) is 0. The molecule has 0 aliphatic heterocycles.